The van der Waals surface area contributed by atoms with E-state index in [0.29, 0.717) is 12.3 Å². The van der Waals surface area contributed by atoms with Crippen molar-refractivity contribution in [1.29, 1.82) is 0 Å². The Hall–Kier alpha value is -3.47. The lowest BCUT2D eigenvalue weighted by Crippen LogP contribution is -2.48. The number of para-hydroxylation sites is 2. The molecule has 0 aliphatic carbocycles. The van der Waals surface area contributed by atoms with Gasteiger partial charge in [-0.2, -0.15) is 0 Å². The molecule has 0 saturated heterocycles. The van der Waals surface area contributed by atoms with Crippen molar-refractivity contribution < 1.29 is 19.0 Å². The van der Waals surface area contributed by atoms with Crippen molar-refractivity contribution in [2.45, 2.75) is 25.8 Å². The van der Waals surface area contributed by atoms with Gasteiger partial charge in [0.1, 0.15) is 11.5 Å². The first kappa shape index (κ1) is 18.6. The van der Waals surface area contributed by atoms with E-state index in [9.17, 15) is 4.79 Å². The summed E-state index contributed by atoms with van der Waals surface area (Å²) in [7, 11) is 1.41. The summed E-state index contributed by atoms with van der Waals surface area (Å²) in [4.78, 5) is 15.2. The summed E-state index contributed by atoms with van der Waals surface area (Å²) in [5.41, 5.74) is 4.15. The van der Waals surface area contributed by atoms with Crippen LogP contribution in [0.3, 0.4) is 0 Å². The maximum atomic E-state index is 13.0. The van der Waals surface area contributed by atoms with E-state index in [2.05, 4.69) is 30.0 Å². The van der Waals surface area contributed by atoms with Gasteiger partial charge in [0.15, 0.2) is 5.92 Å². The highest BCUT2D eigenvalue weighted by atomic mass is 16.7. The maximum absolute atomic E-state index is 13.0. The van der Waals surface area contributed by atoms with Crippen LogP contribution in [0.15, 0.2) is 72.8 Å². The van der Waals surface area contributed by atoms with Gasteiger partial charge >= 0.3 is 5.97 Å². The molecule has 30 heavy (non-hydrogen) atoms. The average Bonchev–Trinajstić information content (AvgIpc) is 2.86. The fourth-order valence-electron chi connectivity index (χ4n) is 4.52. The Morgan fingerprint density at radius 2 is 1.63 bits per heavy atom. The average molecular weight is 401 g/mol. The maximum Gasteiger partial charge on any atom is 0.318 e. The predicted molar refractivity (Wildman–Crippen MR) is 114 cm³/mol. The van der Waals surface area contributed by atoms with Crippen LogP contribution in [0.5, 0.6) is 11.5 Å². The van der Waals surface area contributed by atoms with Gasteiger partial charge in [-0.05, 0) is 36.2 Å². The minimum Gasteiger partial charge on any atom is -0.469 e. The van der Waals surface area contributed by atoms with E-state index in [1.54, 1.807) is 0 Å². The fourth-order valence-corrected chi connectivity index (χ4v) is 4.52. The first-order valence-electron chi connectivity index (χ1n) is 10.1. The van der Waals surface area contributed by atoms with Crippen LogP contribution >= 0.6 is 0 Å². The number of esters is 1. The smallest absolute Gasteiger partial charge is 0.318 e. The third-order valence-electron chi connectivity index (χ3n) is 5.88. The van der Waals surface area contributed by atoms with Crippen molar-refractivity contribution in [3.05, 3.63) is 89.5 Å². The number of rotatable bonds is 3. The van der Waals surface area contributed by atoms with Crippen molar-refractivity contribution in [3.63, 3.8) is 0 Å². The molecule has 0 unspecified atom stereocenters. The zero-order chi connectivity index (χ0) is 20.7. The van der Waals surface area contributed by atoms with E-state index in [0.717, 1.165) is 28.1 Å². The highest BCUT2D eigenvalue weighted by molar-refractivity contribution is 5.78. The molecule has 3 atom stereocenters. The zero-order valence-electron chi connectivity index (χ0n) is 16.9. The van der Waals surface area contributed by atoms with Crippen LogP contribution in [0.25, 0.3) is 0 Å². The largest absolute Gasteiger partial charge is 0.469 e. The van der Waals surface area contributed by atoms with Crippen molar-refractivity contribution in [2.75, 3.05) is 12.0 Å². The molecule has 0 spiro atoms. The van der Waals surface area contributed by atoms with E-state index in [1.807, 2.05) is 54.6 Å². The lowest BCUT2D eigenvalue weighted by atomic mass is 9.85. The first-order chi connectivity index (χ1) is 14.7. The molecule has 5 rings (SSSR count). The zero-order valence-corrected chi connectivity index (χ0v) is 16.9. The summed E-state index contributed by atoms with van der Waals surface area (Å²) in [5, 5.41) is 0. The molecule has 2 aliphatic rings. The van der Waals surface area contributed by atoms with Gasteiger partial charge in [-0.3, -0.25) is 4.79 Å². The molecule has 0 fully saturated rings. The van der Waals surface area contributed by atoms with Crippen molar-refractivity contribution in [1.82, 2.24) is 0 Å². The molecule has 3 aromatic rings. The number of carbonyl (C=O) groups is 1. The summed E-state index contributed by atoms with van der Waals surface area (Å²) >= 11 is 0. The Kier molecular flexibility index (Phi) is 4.58. The number of nitrogens with zero attached hydrogens (tertiary/aromatic N) is 1. The number of aryl methyl sites for hydroxylation is 1. The van der Waals surface area contributed by atoms with Crippen molar-refractivity contribution in [3.8, 4) is 11.5 Å². The molecule has 0 aromatic heterocycles. The molecule has 0 amide bonds. The van der Waals surface area contributed by atoms with Crippen LogP contribution in [0.1, 0.15) is 22.7 Å². The third-order valence-corrected chi connectivity index (χ3v) is 5.88. The number of carbonyl (C=O) groups excluding carboxylic acids is 1. The van der Waals surface area contributed by atoms with Gasteiger partial charge in [0.25, 0.3) is 6.29 Å². The molecule has 2 bridgehead atoms. The second-order valence-corrected chi connectivity index (χ2v) is 7.67. The second-order valence-electron chi connectivity index (χ2n) is 7.67. The molecular formula is C25H23NO4. The molecule has 152 valence electrons. The third kappa shape index (κ3) is 2.98. The van der Waals surface area contributed by atoms with Gasteiger partial charge in [-0.15, -0.1) is 0 Å². The van der Waals surface area contributed by atoms with E-state index in [4.69, 9.17) is 14.2 Å². The van der Waals surface area contributed by atoms with Crippen molar-refractivity contribution >= 4 is 11.7 Å². The predicted octanol–water partition coefficient (Wildman–Crippen LogP) is 4.64. The molecule has 0 radical (unpaired) electrons. The Morgan fingerprint density at radius 1 is 0.933 bits per heavy atom. The standard InChI is InChI=1S/C25H23NO4/c1-16-9-8-14-20-21(16)23-22(24(27)28-2)25(30-20)29-19-13-7-6-12-18(19)26(23)15-17-10-4-3-5-11-17/h3-14,22-23,25H,15H2,1-2H3/t22-,23+,25-/m1/s1. The topological polar surface area (TPSA) is 48.0 Å². The quantitative estimate of drug-likeness (QED) is 0.598. The van der Waals surface area contributed by atoms with Gasteiger partial charge < -0.3 is 19.1 Å². The van der Waals surface area contributed by atoms with Crippen LogP contribution in [0.2, 0.25) is 0 Å². The Bertz CT molecular complexity index is 1080. The molecular weight excluding hydrogens is 378 g/mol. The Morgan fingerprint density at radius 3 is 2.43 bits per heavy atom. The summed E-state index contributed by atoms with van der Waals surface area (Å²) < 4.78 is 17.7. The number of fused-ring (bicyclic) bond motifs is 5. The van der Waals surface area contributed by atoms with Crippen LogP contribution < -0.4 is 14.4 Å². The van der Waals surface area contributed by atoms with Gasteiger partial charge in [0, 0.05) is 12.1 Å². The molecule has 3 aromatic carbocycles. The Labute approximate surface area is 175 Å². The molecule has 2 heterocycles. The summed E-state index contributed by atoms with van der Waals surface area (Å²) in [5.74, 6) is 0.473. The Balaban J connectivity index is 1.74. The molecule has 0 N–H and O–H groups in total. The number of methoxy groups -OCH3 is 1. The number of hydrogen-bond donors (Lipinski definition) is 0. The number of anilines is 1. The monoisotopic (exact) mass is 401 g/mol. The molecule has 5 heteroatoms. The van der Waals surface area contributed by atoms with E-state index >= 15 is 0 Å². The van der Waals surface area contributed by atoms with Gasteiger partial charge in [0.2, 0.25) is 0 Å². The fraction of sp³-hybridized carbons (Fsp3) is 0.240. The van der Waals surface area contributed by atoms with Gasteiger partial charge in [-0.25, -0.2) is 0 Å². The first-order valence-corrected chi connectivity index (χ1v) is 10.1. The van der Waals surface area contributed by atoms with E-state index in [1.165, 1.54) is 7.11 Å². The SMILES string of the molecule is COC(=O)[C@@H]1[C@@H]2Oc3ccccc3N(Cc3ccccc3)[C@H]1c1c(C)cccc1O2. The van der Waals surface area contributed by atoms with Crippen LogP contribution in [-0.4, -0.2) is 19.4 Å². The molecule has 2 aliphatic heterocycles. The van der Waals surface area contributed by atoms with Crippen LogP contribution in [0.4, 0.5) is 5.69 Å². The van der Waals surface area contributed by atoms with Gasteiger partial charge in [-0.1, -0.05) is 54.6 Å². The van der Waals surface area contributed by atoms with Crippen LogP contribution in [-0.2, 0) is 16.1 Å². The minimum absolute atomic E-state index is 0.281. The van der Waals surface area contributed by atoms with E-state index < -0.39 is 12.2 Å². The molecule has 5 nitrogen and oxygen atoms in total. The number of ether oxygens (including phenoxy) is 3. The summed E-state index contributed by atoms with van der Waals surface area (Å²) in [6, 6.07) is 23.8. The highest BCUT2D eigenvalue weighted by Gasteiger charge is 2.51. The number of hydrogen-bond acceptors (Lipinski definition) is 5. The molecule has 0 saturated carbocycles. The summed E-state index contributed by atoms with van der Waals surface area (Å²) in [6.45, 7) is 2.68. The highest BCUT2D eigenvalue weighted by Crippen LogP contribution is 2.51. The normalized spacial score (nSPS) is 21.4. The van der Waals surface area contributed by atoms with Crippen LogP contribution in [0, 0.1) is 12.8 Å². The summed E-state index contributed by atoms with van der Waals surface area (Å²) in [6.07, 6.45) is -0.765. The van der Waals surface area contributed by atoms with E-state index in [-0.39, 0.29) is 12.0 Å². The second kappa shape index (κ2) is 7.41. The minimum atomic E-state index is -0.765. The number of benzene rings is 3. The lowest BCUT2D eigenvalue weighted by Gasteiger charge is -2.41. The van der Waals surface area contributed by atoms with Crippen molar-refractivity contribution in [2.24, 2.45) is 5.92 Å². The lowest BCUT2D eigenvalue weighted by molar-refractivity contribution is -0.159. The van der Waals surface area contributed by atoms with Gasteiger partial charge in [0.05, 0.1) is 18.8 Å².